The summed E-state index contributed by atoms with van der Waals surface area (Å²) >= 11 is 0. The van der Waals surface area contributed by atoms with Crippen LogP contribution in [-0.2, 0) is 6.61 Å². The van der Waals surface area contributed by atoms with E-state index in [-0.39, 0.29) is 24.5 Å². The summed E-state index contributed by atoms with van der Waals surface area (Å²) < 4.78 is 18.6. The summed E-state index contributed by atoms with van der Waals surface area (Å²) in [5.41, 5.74) is 7.59. The molecule has 0 fully saturated rings. The van der Waals surface area contributed by atoms with Gasteiger partial charge in [-0.3, -0.25) is 4.99 Å². The van der Waals surface area contributed by atoms with Crippen molar-refractivity contribution in [2.75, 3.05) is 0 Å². The van der Waals surface area contributed by atoms with Crippen LogP contribution in [0.4, 0.5) is 4.39 Å². The number of nitrogens with zero attached hydrogens (tertiary/aromatic N) is 5. The highest BCUT2D eigenvalue weighted by atomic mass is 19.1. The van der Waals surface area contributed by atoms with Crippen LogP contribution in [0.15, 0.2) is 59.0 Å². The molecule has 2 N–H and O–H groups in total. The monoisotopic (exact) mass is 338 g/mol. The van der Waals surface area contributed by atoms with E-state index in [1.807, 2.05) is 6.20 Å². The fourth-order valence-electron chi connectivity index (χ4n) is 2.75. The molecular weight excluding hydrogens is 323 g/mol. The van der Waals surface area contributed by atoms with Crippen molar-refractivity contribution < 1.29 is 9.13 Å². The standard InChI is InChI=1S/C17H15FN6O/c18-12-4-2-11(3-5-12)9-25-14-8-13(21-10-22-14)15-16(19)23-24-7-1-6-20-17(15)24/h1-8,10,15,17H,9H2,(H2,19,23). The van der Waals surface area contributed by atoms with Crippen LogP contribution in [-0.4, -0.2) is 33.2 Å². The second kappa shape index (κ2) is 6.31. The third-order valence-electron chi connectivity index (χ3n) is 3.96. The number of rotatable bonds is 4. The van der Waals surface area contributed by atoms with Crippen molar-refractivity contribution in [2.24, 2.45) is 15.8 Å². The van der Waals surface area contributed by atoms with Crippen molar-refractivity contribution in [3.05, 3.63) is 66.0 Å². The molecule has 3 heterocycles. The first-order valence-electron chi connectivity index (χ1n) is 7.72. The average molecular weight is 338 g/mol. The van der Waals surface area contributed by atoms with E-state index in [0.29, 0.717) is 17.4 Å². The van der Waals surface area contributed by atoms with E-state index < -0.39 is 0 Å². The van der Waals surface area contributed by atoms with Crippen LogP contribution in [0.2, 0.25) is 0 Å². The van der Waals surface area contributed by atoms with E-state index >= 15 is 0 Å². The van der Waals surface area contributed by atoms with E-state index in [1.54, 1.807) is 35.5 Å². The Balaban J connectivity index is 1.51. The number of ether oxygens (including phenoxy) is 1. The zero-order valence-corrected chi connectivity index (χ0v) is 13.2. The molecule has 0 aliphatic carbocycles. The Kier molecular flexibility index (Phi) is 3.85. The molecule has 2 aromatic rings. The molecule has 2 aliphatic heterocycles. The van der Waals surface area contributed by atoms with Gasteiger partial charge in [-0.25, -0.2) is 19.4 Å². The van der Waals surface area contributed by atoms with Gasteiger partial charge in [0, 0.05) is 18.5 Å². The van der Waals surface area contributed by atoms with Gasteiger partial charge in [-0.05, 0) is 23.8 Å². The van der Waals surface area contributed by atoms with Crippen LogP contribution in [0.25, 0.3) is 0 Å². The maximum atomic E-state index is 12.9. The normalized spacial score (nSPS) is 21.2. The number of fused-ring (bicyclic) bond motifs is 1. The lowest BCUT2D eigenvalue weighted by Crippen LogP contribution is -2.31. The van der Waals surface area contributed by atoms with Crippen molar-refractivity contribution in [3.63, 3.8) is 0 Å². The zero-order valence-electron chi connectivity index (χ0n) is 13.2. The number of aliphatic imine (C=N–C) groups is 1. The minimum absolute atomic E-state index is 0.246. The molecular formula is C17H15FN6O. The molecule has 1 aromatic carbocycles. The molecule has 0 saturated heterocycles. The summed E-state index contributed by atoms with van der Waals surface area (Å²) in [7, 11) is 0. The van der Waals surface area contributed by atoms with E-state index in [2.05, 4.69) is 20.1 Å². The quantitative estimate of drug-likeness (QED) is 0.918. The molecule has 7 nitrogen and oxygen atoms in total. The lowest BCUT2D eigenvalue weighted by Gasteiger charge is -2.22. The number of hydrogen-bond donors (Lipinski definition) is 1. The Hall–Kier alpha value is -3.29. The molecule has 2 unspecified atom stereocenters. The molecule has 0 saturated carbocycles. The highest BCUT2D eigenvalue weighted by Crippen LogP contribution is 2.31. The Bertz CT molecular complexity index is 864. The number of aromatic nitrogens is 2. The lowest BCUT2D eigenvalue weighted by molar-refractivity contribution is 0.290. The topological polar surface area (TPSA) is 89.0 Å². The summed E-state index contributed by atoms with van der Waals surface area (Å²) in [6.45, 7) is 0.279. The van der Waals surface area contributed by atoms with E-state index in [9.17, 15) is 4.39 Å². The van der Waals surface area contributed by atoms with Gasteiger partial charge in [-0.1, -0.05) is 12.1 Å². The van der Waals surface area contributed by atoms with Crippen LogP contribution >= 0.6 is 0 Å². The van der Waals surface area contributed by atoms with Crippen LogP contribution < -0.4 is 10.5 Å². The highest BCUT2D eigenvalue weighted by Gasteiger charge is 2.38. The third-order valence-corrected chi connectivity index (χ3v) is 3.96. The van der Waals surface area contributed by atoms with Gasteiger partial charge >= 0.3 is 0 Å². The van der Waals surface area contributed by atoms with Crippen molar-refractivity contribution in [1.29, 1.82) is 0 Å². The van der Waals surface area contributed by atoms with Crippen LogP contribution in [0, 0.1) is 5.82 Å². The van der Waals surface area contributed by atoms with Gasteiger partial charge in [0.15, 0.2) is 6.17 Å². The number of hydrogen-bond acceptors (Lipinski definition) is 7. The van der Waals surface area contributed by atoms with Gasteiger partial charge in [0.25, 0.3) is 0 Å². The second-order valence-corrected chi connectivity index (χ2v) is 5.63. The summed E-state index contributed by atoms with van der Waals surface area (Å²) in [4.78, 5) is 12.8. The molecule has 1 aromatic heterocycles. The second-order valence-electron chi connectivity index (χ2n) is 5.63. The molecule has 2 aliphatic rings. The SMILES string of the molecule is NC1=NN2C=CC=NC2C1c1cc(OCc2ccc(F)cc2)ncn1. The number of amidine groups is 1. The maximum Gasteiger partial charge on any atom is 0.216 e. The van der Waals surface area contributed by atoms with Gasteiger partial charge < -0.3 is 10.5 Å². The first-order chi connectivity index (χ1) is 12.2. The number of nitrogens with two attached hydrogens (primary N) is 1. The Morgan fingerprint density at radius 2 is 2.04 bits per heavy atom. The molecule has 126 valence electrons. The van der Waals surface area contributed by atoms with Crippen molar-refractivity contribution >= 4 is 12.1 Å². The Morgan fingerprint density at radius 1 is 1.20 bits per heavy atom. The van der Waals surface area contributed by atoms with Crippen molar-refractivity contribution in [3.8, 4) is 5.88 Å². The molecule has 0 bridgehead atoms. The summed E-state index contributed by atoms with van der Waals surface area (Å²) in [5, 5.41) is 6.00. The molecule has 0 radical (unpaired) electrons. The highest BCUT2D eigenvalue weighted by molar-refractivity contribution is 5.90. The van der Waals surface area contributed by atoms with Gasteiger partial charge in [0.1, 0.15) is 30.5 Å². The maximum absolute atomic E-state index is 12.9. The summed E-state index contributed by atoms with van der Waals surface area (Å²) in [5.74, 6) is 0.306. The third kappa shape index (κ3) is 3.06. The Labute approximate surface area is 143 Å². The van der Waals surface area contributed by atoms with Crippen LogP contribution in [0.3, 0.4) is 0 Å². The molecule has 4 rings (SSSR count). The number of benzene rings is 1. The lowest BCUT2D eigenvalue weighted by atomic mass is 10.0. The first kappa shape index (κ1) is 15.3. The van der Waals surface area contributed by atoms with E-state index in [4.69, 9.17) is 10.5 Å². The Morgan fingerprint density at radius 3 is 2.88 bits per heavy atom. The predicted molar refractivity (Wildman–Crippen MR) is 90.4 cm³/mol. The van der Waals surface area contributed by atoms with Gasteiger partial charge in [0.2, 0.25) is 5.88 Å². The zero-order chi connectivity index (χ0) is 17.2. The van der Waals surface area contributed by atoms with Gasteiger partial charge in [-0.2, -0.15) is 5.10 Å². The van der Waals surface area contributed by atoms with Gasteiger partial charge in [0.05, 0.1) is 5.69 Å². The molecule has 8 heteroatoms. The van der Waals surface area contributed by atoms with E-state index in [1.165, 1.54) is 18.5 Å². The molecule has 25 heavy (non-hydrogen) atoms. The van der Waals surface area contributed by atoms with E-state index in [0.717, 1.165) is 5.56 Å². The number of halogens is 1. The minimum atomic E-state index is -0.282. The molecule has 2 atom stereocenters. The largest absolute Gasteiger partial charge is 0.473 e. The number of allylic oxidation sites excluding steroid dienone is 1. The van der Waals surface area contributed by atoms with Crippen LogP contribution in [0.5, 0.6) is 5.88 Å². The van der Waals surface area contributed by atoms with Crippen LogP contribution in [0.1, 0.15) is 17.2 Å². The molecule has 0 amide bonds. The minimum Gasteiger partial charge on any atom is -0.473 e. The number of hydrazone groups is 1. The fraction of sp³-hybridized carbons (Fsp3) is 0.176. The average Bonchev–Trinajstić information content (AvgIpc) is 2.97. The fourth-order valence-corrected chi connectivity index (χ4v) is 2.75. The molecule has 0 spiro atoms. The summed E-state index contributed by atoms with van der Waals surface area (Å²) in [6.07, 6.45) is 6.51. The van der Waals surface area contributed by atoms with Crippen molar-refractivity contribution in [2.45, 2.75) is 18.7 Å². The van der Waals surface area contributed by atoms with Crippen molar-refractivity contribution in [1.82, 2.24) is 15.0 Å². The van der Waals surface area contributed by atoms with Gasteiger partial charge in [-0.15, -0.1) is 0 Å². The smallest absolute Gasteiger partial charge is 0.216 e. The summed E-state index contributed by atoms with van der Waals surface area (Å²) in [6, 6.07) is 7.85. The first-order valence-corrected chi connectivity index (χ1v) is 7.72. The predicted octanol–water partition coefficient (Wildman–Crippen LogP) is 1.79.